The number of morpholine rings is 1. The van der Waals surface area contributed by atoms with Gasteiger partial charge in [-0.1, -0.05) is 0 Å². The van der Waals surface area contributed by atoms with Crippen molar-refractivity contribution >= 4 is 28.4 Å². The van der Waals surface area contributed by atoms with Crippen LogP contribution in [0.25, 0.3) is 16.7 Å². The van der Waals surface area contributed by atoms with Crippen LogP contribution in [0, 0.1) is 18.6 Å². The normalized spacial score (nSPS) is 17.2. The molecule has 2 aliphatic heterocycles. The molecule has 0 bridgehead atoms. The fraction of sp³-hybridized carbons (Fsp3) is 0.393. The van der Waals surface area contributed by atoms with E-state index in [1.807, 2.05) is 18.2 Å². The van der Waals surface area contributed by atoms with E-state index in [2.05, 4.69) is 37.1 Å². The predicted molar refractivity (Wildman–Crippen MR) is 147 cm³/mol. The minimum atomic E-state index is -0.605. The summed E-state index contributed by atoms with van der Waals surface area (Å²) in [6.07, 6.45) is 5.23. The Hall–Kier alpha value is -3.67. The van der Waals surface area contributed by atoms with Gasteiger partial charge in [0.15, 0.2) is 11.6 Å². The zero-order chi connectivity index (χ0) is 26.9. The molecule has 0 unspecified atom stereocenters. The van der Waals surface area contributed by atoms with E-state index < -0.39 is 11.6 Å². The lowest BCUT2D eigenvalue weighted by Crippen LogP contribution is -2.43. The van der Waals surface area contributed by atoms with Crippen molar-refractivity contribution in [2.45, 2.75) is 13.5 Å². The molecular weight excluding hydrogens is 502 g/mol. The van der Waals surface area contributed by atoms with Gasteiger partial charge in [-0.05, 0) is 32.2 Å². The first kappa shape index (κ1) is 25.6. The van der Waals surface area contributed by atoms with Crippen LogP contribution in [0.15, 0.2) is 42.9 Å². The first-order valence-corrected chi connectivity index (χ1v) is 13.2. The number of aromatic nitrogens is 4. The van der Waals surface area contributed by atoms with Crippen LogP contribution in [0.5, 0.6) is 0 Å². The maximum Gasteiger partial charge on any atom is 0.229 e. The summed E-state index contributed by atoms with van der Waals surface area (Å²) >= 11 is 0. The number of benzene rings is 1. The van der Waals surface area contributed by atoms with Gasteiger partial charge in [0.2, 0.25) is 5.95 Å². The lowest BCUT2D eigenvalue weighted by Gasteiger charge is -2.32. The van der Waals surface area contributed by atoms with E-state index in [4.69, 9.17) is 4.74 Å². The van der Waals surface area contributed by atoms with Crippen LogP contribution in [-0.2, 0) is 11.3 Å². The molecule has 0 saturated carbocycles. The monoisotopic (exact) mass is 534 g/mol. The molecule has 2 saturated heterocycles. The van der Waals surface area contributed by atoms with Crippen molar-refractivity contribution in [2.75, 3.05) is 69.7 Å². The molecule has 4 aromatic rings. The van der Waals surface area contributed by atoms with Gasteiger partial charge in [-0.25, -0.2) is 13.8 Å². The fourth-order valence-electron chi connectivity index (χ4n) is 5.15. The second kappa shape index (κ2) is 10.8. The molecule has 3 aromatic heterocycles. The van der Waals surface area contributed by atoms with Crippen LogP contribution < -0.4 is 10.2 Å². The lowest BCUT2D eigenvalue weighted by molar-refractivity contribution is 0.122. The Morgan fingerprint density at radius 3 is 2.51 bits per heavy atom. The fourth-order valence-corrected chi connectivity index (χ4v) is 5.15. The molecular formula is C28H32F2N8O. The number of nitrogens with zero attached hydrogens (tertiary/aromatic N) is 7. The maximum atomic E-state index is 15.5. The van der Waals surface area contributed by atoms with E-state index in [9.17, 15) is 0 Å². The molecule has 1 N–H and O–H groups in total. The molecule has 0 amide bonds. The highest BCUT2D eigenvalue weighted by Crippen LogP contribution is 2.32. The summed E-state index contributed by atoms with van der Waals surface area (Å²) in [6, 6.07) is 7.18. The third-order valence-corrected chi connectivity index (χ3v) is 7.49. The Morgan fingerprint density at radius 1 is 0.974 bits per heavy atom. The van der Waals surface area contributed by atoms with Gasteiger partial charge in [0.05, 0.1) is 36.5 Å². The van der Waals surface area contributed by atoms with Gasteiger partial charge in [-0.3, -0.25) is 9.88 Å². The van der Waals surface area contributed by atoms with Crippen molar-refractivity contribution in [2.24, 2.45) is 0 Å². The van der Waals surface area contributed by atoms with Crippen molar-refractivity contribution in [1.82, 2.24) is 29.3 Å². The van der Waals surface area contributed by atoms with Gasteiger partial charge in [0.25, 0.3) is 0 Å². The first-order valence-electron chi connectivity index (χ1n) is 13.2. The van der Waals surface area contributed by atoms with Crippen LogP contribution in [0.3, 0.4) is 0 Å². The van der Waals surface area contributed by atoms with Crippen LogP contribution in [0.2, 0.25) is 0 Å². The number of halogens is 2. The summed E-state index contributed by atoms with van der Waals surface area (Å²) < 4.78 is 37.7. The van der Waals surface area contributed by atoms with Crippen molar-refractivity contribution in [3.8, 4) is 5.69 Å². The molecule has 2 fully saturated rings. The summed E-state index contributed by atoms with van der Waals surface area (Å²) in [5.41, 5.74) is 3.07. The molecule has 9 nitrogen and oxygen atoms in total. The third-order valence-electron chi connectivity index (χ3n) is 7.49. The van der Waals surface area contributed by atoms with E-state index in [1.54, 1.807) is 35.0 Å². The number of rotatable bonds is 6. The van der Waals surface area contributed by atoms with E-state index >= 15 is 8.78 Å². The molecule has 6 rings (SSSR count). The second-order valence-electron chi connectivity index (χ2n) is 10.2. The van der Waals surface area contributed by atoms with Gasteiger partial charge < -0.3 is 24.4 Å². The number of likely N-dealkylation sites (N-methyl/N-ethyl adjacent to an activating group) is 1. The Kier molecular flexibility index (Phi) is 7.11. The van der Waals surface area contributed by atoms with Crippen molar-refractivity contribution in [1.29, 1.82) is 0 Å². The molecule has 0 aliphatic carbocycles. The molecule has 11 heteroatoms. The van der Waals surface area contributed by atoms with E-state index in [1.165, 1.54) is 6.07 Å². The minimum absolute atomic E-state index is 0.00318. The summed E-state index contributed by atoms with van der Waals surface area (Å²) in [6.45, 7) is 8.49. The highest BCUT2D eigenvalue weighted by atomic mass is 19.1. The summed E-state index contributed by atoms with van der Waals surface area (Å²) in [5.74, 6) is -0.796. The summed E-state index contributed by atoms with van der Waals surface area (Å²) in [5, 5.41) is 3.97. The Labute approximate surface area is 226 Å². The van der Waals surface area contributed by atoms with Gasteiger partial charge in [-0.15, -0.1) is 0 Å². The van der Waals surface area contributed by atoms with Gasteiger partial charge in [0, 0.05) is 75.2 Å². The number of anilines is 3. The van der Waals surface area contributed by atoms with Crippen molar-refractivity contribution in [3.05, 3.63) is 65.7 Å². The molecule has 39 heavy (non-hydrogen) atoms. The highest BCUT2D eigenvalue weighted by molar-refractivity contribution is 5.79. The third kappa shape index (κ3) is 5.29. The Morgan fingerprint density at radius 2 is 1.77 bits per heavy atom. The van der Waals surface area contributed by atoms with Crippen LogP contribution in [-0.4, -0.2) is 88.8 Å². The number of piperazine rings is 1. The lowest BCUT2D eigenvalue weighted by atomic mass is 10.1. The topological polar surface area (TPSA) is 74.6 Å². The zero-order valence-corrected chi connectivity index (χ0v) is 22.2. The molecule has 5 heterocycles. The number of hydrogen-bond donors (Lipinski definition) is 1. The van der Waals surface area contributed by atoms with Gasteiger partial charge >= 0.3 is 0 Å². The molecule has 204 valence electrons. The number of fused-ring (bicyclic) bond motifs is 1. The number of pyridine rings is 1. The number of hydrogen-bond acceptors (Lipinski definition) is 8. The zero-order valence-electron chi connectivity index (χ0n) is 22.2. The summed E-state index contributed by atoms with van der Waals surface area (Å²) in [7, 11) is 2.15. The first-order chi connectivity index (χ1) is 19.0. The van der Waals surface area contributed by atoms with Crippen LogP contribution in [0.1, 0.15) is 11.3 Å². The van der Waals surface area contributed by atoms with E-state index in [0.717, 1.165) is 49.5 Å². The molecule has 0 radical (unpaired) electrons. The second-order valence-corrected chi connectivity index (χ2v) is 10.2. The molecule has 0 atom stereocenters. The standard InChI is InChI=1S/C28H32F2N8O/c1-19-24(15-23(29)26(25(19)30)37-11-13-39-14-12-37)38-6-5-20-16-32-28(34-27(20)38)33-21-3-4-22(31-17-21)18-36-9-7-35(2)8-10-36/h3-6,15-17H,7-14,18H2,1-2H3,(H,32,33,34). The quantitative estimate of drug-likeness (QED) is 0.401. The predicted octanol–water partition coefficient (Wildman–Crippen LogP) is 3.73. The van der Waals surface area contributed by atoms with E-state index in [0.29, 0.717) is 49.1 Å². The minimum Gasteiger partial charge on any atom is -0.378 e. The molecule has 1 aromatic carbocycles. The smallest absolute Gasteiger partial charge is 0.229 e. The van der Waals surface area contributed by atoms with Crippen LogP contribution >= 0.6 is 0 Å². The van der Waals surface area contributed by atoms with Gasteiger partial charge in [0.1, 0.15) is 11.3 Å². The largest absolute Gasteiger partial charge is 0.378 e. The highest BCUT2D eigenvalue weighted by Gasteiger charge is 2.24. The number of ether oxygens (including phenoxy) is 1. The van der Waals surface area contributed by atoms with Crippen LogP contribution in [0.4, 0.5) is 26.1 Å². The van der Waals surface area contributed by atoms with E-state index in [-0.39, 0.29) is 5.69 Å². The Balaban J connectivity index is 1.23. The van der Waals surface area contributed by atoms with Crippen molar-refractivity contribution in [3.63, 3.8) is 0 Å². The number of nitrogens with one attached hydrogen (secondary N) is 1. The average Bonchev–Trinajstić information content (AvgIpc) is 3.37. The molecule has 0 spiro atoms. The Bertz CT molecular complexity index is 1460. The molecule has 2 aliphatic rings. The summed E-state index contributed by atoms with van der Waals surface area (Å²) in [4.78, 5) is 20.1. The van der Waals surface area contributed by atoms with Gasteiger partial charge in [-0.2, -0.15) is 4.98 Å². The average molecular weight is 535 g/mol. The SMILES string of the molecule is Cc1c(-n2ccc3cnc(Nc4ccc(CN5CCN(C)CC5)nc4)nc32)cc(F)c(N2CCOCC2)c1F. The van der Waals surface area contributed by atoms with Crippen molar-refractivity contribution < 1.29 is 13.5 Å². The maximum absolute atomic E-state index is 15.5.